The van der Waals surface area contributed by atoms with Gasteiger partial charge in [0.1, 0.15) is 12.6 Å². The minimum atomic E-state index is -4.10. The van der Waals surface area contributed by atoms with E-state index in [1.807, 2.05) is 13.8 Å². The highest BCUT2D eigenvalue weighted by Gasteiger charge is 2.32. The first kappa shape index (κ1) is 29.7. The topological polar surface area (TPSA) is 86.8 Å². The van der Waals surface area contributed by atoms with E-state index < -0.39 is 28.5 Å². The van der Waals surface area contributed by atoms with Gasteiger partial charge in [-0.1, -0.05) is 77.8 Å². The van der Waals surface area contributed by atoms with Crippen molar-refractivity contribution < 1.29 is 18.0 Å². The van der Waals surface area contributed by atoms with Crippen molar-refractivity contribution in [1.29, 1.82) is 0 Å². The van der Waals surface area contributed by atoms with Gasteiger partial charge in [-0.25, -0.2) is 8.42 Å². The summed E-state index contributed by atoms with van der Waals surface area (Å²) < 4.78 is 29.2. The quantitative estimate of drug-likeness (QED) is 0.307. The number of benzene rings is 3. The van der Waals surface area contributed by atoms with Crippen LogP contribution in [0, 0.1) is 5.92 Å². The lowest BCUT2D eigenvalue weighted by Crippen LogP contribution is -2.51. The molecule has 0 spiro atoms. The highest BCUT2D eigenvalue weighted by molar-refractivity contribution is 9.10. The molecule has 0 saturated carbocycles. The molecule has 0 aliphatic heterocycles. The van der Waals surface area contributed by atoms with Gasteiger partial charge in [0.15, 0.2) is 0 Å². The predicted octanol–water partition coefficient (Wildman–Crippen LogP) is 5.49. The molecule has 1 N–H and O–H groups in total. The smallest absolute Gasteiger partial charge is 0.264 e. The number of hydrogen-bond donors (Lipinski definition) is 1. The summed E-state index contributed by atoms with van der Waals surface area (Å²) in [4.78, 5) is 28.3. The minimum absolute atomic E-state index is 0.0553. The van der Waals surface area contributed by atoms with Crippen LogP contribution >= 0.6 is 27.5 Å². The molecule has 0 saturated heterocycles. The maximum atomic E-state index is 13.8. The normalized spacial score (nSPS) is 12.2. The first-order chi connectivity index (χ1) is 18.0. The minimum Gasteiger partial charge on any atom is -0.354 e. The molecule has 0 unspecified atom stereocenters. The van der Waals surface area contributed by atoms with E-state index >= 15 is 0 Å². The Hall–Kier alpha value is -2.88. The number of nitrogens with zero attached hydrogens (tertiary/aromatic N) is 2. The number of hydrogen-bond acceptors (Lipinski definition) is 4. The van der Waals surface area contributed by atoms with Crippen molar-refractivity contribution in [3.05, 3.63) is 93.9 Å². The van der Waals surface area contributed by atoms with E-state index in [1.54, 1.807) is 73.7 Å². The summed E-state index contributed by atoms with van der Waals surface area (Å²) >= 11 is 9.42. The van der Waals surface area contributed by atoms with Crippen LogP contribution < -0.4 is 9.62 Å². The number of rotatable bonds is 11. The van der Waals surface area contributed by atoms with Gasteiger partial charge < -0.3 is 10.2 Å². The van der Waals surface area contributed by atoms with E-state index in [4.69, 9.17) is 11.6 Å². The lowest BCUT2D eigenvalue weighted by Gasteiger charge is -2.32. The largest absolute Gasteiger partial charge is 0.354 e. The number of nitrogens with one attached hydrogen (secondary N) is 1. The Bertz CT molecular complexity index is 1350. The SMILES string of the molecule is CC(C)CNC(=O)[C@@H](C)N(Cc1ccc(Cl)cc1)C(=O)CN(c1cccc(Br)c1)S(=O)(=O)c1ccccc1. The first-order valence-electron chi connectivity index (χ1n) is 12.1. The molecule has 0 aliphatic carbocycles. The molecule has 3 aromatic carbocycles. The van der Waals surface area contributed by atoms with E-state index in [1.165, 1.54) is 17.0 Å². The fraction of sp³-hybridized carbons (Fsp3) is 0.286. The van der Waals surface area contributed by atoms with Crippen molar-refractivity contribution in [2.45, 2.75) is 38.3 Å². The van der Waals surface area contributed by atoms with Crippen LogP contribution in [0.4, 0.5) is 5.69 Å². The molecule has 0 heterocycles. The van der Waals surface area contributed by atoms with Crippen LogP contribution in [0.3, 0.4) is 0 Å². The van der Waals surface area contributed by atoms with Crippen molar-refractivity contribution in [1.82, 2.24) is 10.2 Å². The van der Waals surface area contributed by atoms with E-state index in [-0.39, 0.29) is 23.3 Å². The zero-order valence-corrected chi connectivity index (χ0v) is 24.6. The molecule has 3 aromatic rings. The summed E-state index contributed by atoms with van der Waals surface area (Å²) in [6, 6.07) is 20.8. The summed E-state index contributed by atoms with van der Waals surface area (Å²) in [6.45, 7) is 5.65. The molecule has 7 nitrogen and oxygen atoms in total. The highest BCUT2D eigenvalue weighted by Crippen LogP contribution is 2.27. The number of halogens is 2. The molecule has 3 rings (SSSR count). The van der Waals surface area contributed by atoms with Crippen molar-refractivity contribution >= 4 is 55.1 Å². The predicted molar refractivity (Wildman–Crippen MR) is 154 cm³/mol. The highest BCUT2D eigenvalue weighted by atomic mass is 79.9. The standard InChI is InChI=1S/C28H31BrClN3O4S/c1-20(2)17-31-28(35)21(3)32(18-22-12-14-24(30)15-13-22)27(34)19-33(25-9-7-8-23(29)16-25)38(36,37)26-10-5-4-6-11-26/h4-16,20-21H,17-19H2,1-3H3,(H,31,35)/t21-/m1/s1. The molecule has 0 aliphatic rings. The van der Waals surface area contributed by atoms with E-state index in [9.17, 15) is 18.0 Å². The van der Waals surface area contributed by atoms with Crippen molar-refractivity contribution in [3.63, 3.8) is 0 Å². The second-order valence-corrected chi connectivity index (χ2v) is 12.5. The average Bonchev–Trinajstić information content (AvgIpc) is 2.89. The van der Waals surface area contributed by atoms with Gasteiger partial charge in [0.2, 0.25) is 11.8 Å². The van der Waals surface area contributed by atoms with Crippen LogP contribution in [0.15, 0.2) is 88.2 Å². The molecule has 0 fully saturated rings. The van der Waals surface area contributed by atoms with E-state index in [0.717, 1.165) is 9.87 Å². The molecular formula is C28H31BrClN3O4S. The van der Waals surface area contributed by atoms with Gasteiger partial charge in [-0.05, 0) is 60.9 Å². The molecule has 10 heteroatoms. The van der Waals surface area contributed by atoms with Gasteiger partial charge in [0, 0.05) is 22.6 Å². The van der Waals surface area contributed by atoms with E-state index in [0.29, 0.717) is 21.7 Å². The first-order valence-corrected chi connectivity index (χ1v) is 14.7. The van der Waals surface area contributed by atoms with Gasteiger partial charge in [0.05, 0.1) is 10.6 Å². The maximum Gasteiger partial charge on any atom is 0.264 e. The summed E-state index contributed by atoms with van der Waals surface area (Å²) in [6.07, 6.45) is 0. The maximum absolute atomic E-state index is 13.8. The Kier molecular flexibility index (Phi) is 10.4. The summed E-state index contributed by atoms with van der Waals surface area (Å²) in [5.41, 5.74) is 1.08. The molecule has 0 aromatic heterocycles. The van der Waals surface area contributed by atoms with Crippen LogP contribution in [-0.4, -0.2) is 44.3 Å². The molecule has 0 bridgehead atoms. The van der Waals surface area contributed by atoms with Gasteiger partial charge in [-0.2, -0.15) is 0 Å². The van der Waals surface area contributed by atoms with Crippen molar-refractivity contribution in [2.24, 2.45) is 5.92 Å². The third-order valence-corrected chi connectivity index (χ3v) is 8.36. The van der Waals surface area contributed by atoms with E-state index in [2.05, 4.69) is 21.2 Å². The number of amides is 2. The lowest BCUT2D eigenvalue weighted by molar-refractivity contribution is -0.139. The summed E-state index contributed by atoms with van der Waals surface area (Å²) in [5.74, 6) is -0.609. The lowest BCUT2D eigenvalue weighted by atomic mass is 10.1. The van der Waals surface area contributed by atoms with Crippen LogP contribution in [0.1, 0.15) is 26.3 Å². The summed E-state index contributed by atoms with van der Waals surface area (Å²) in [7, 11) is -4.10. The Labute approximate surface area is 238 Å². The molecular weight excluding hydrogens is 590 g/mol. The van der Waals surface area contributed by atoms with Gasteiger partial charge in [-0.3, -0.25) is 13.9 Å². The van der Waals surface area contributed by atoms with Crippen molar-refractivity contribution in [2.75, 3.05) is 17.4 Å². The Morgan fingerprint density at radius 1 is 0.947 bits per heavy atom. The number of anilines is 1. The number of sulfonamides is 1. The van der Waals surface area contributed by atoms with Crippen molar-refractivity contribution in [3.8, 4) is 0 Å². The molecule has 38 heavy (non-hydrogen) atoms. The Balaban J connectivity index is 1.99. The zero-order chi connectivity index (χ0) is 27.9. The molecule has 2 amide bonds. The molecule has 202 valence electrons. The van der Waals surface area contributed by atoms with Gasteiger partial charge >= 0.3 is 0 Å². The third kappa shape index (κ3) is 7.82. The molecule has 0 radical (unpaired) electrons. The van der Waals surface area contributed by atoms with Crippen LogP contribution in [0.2, 0.25) is 5.02 Å². The number of carbonyl (C=O) groups excluding carboxylic acids is 2. The van der Waals surface area contributed by atoms with Crippen LogP contribution in [0.25, 0.3) is 0 Å². The summed E-state index contributed by atoms with van der Waals surface area (Å²) in [5, 5.41) is 3.41. The average molecular weight is 621 g/mol. The monoisotopic (exact) mass is 619 g/mol. The van der Waals surface area contributed by atoms with Gasteiger partial charge in [-0.15, -0.1) is 0 Å². The third-order valence-electron chi connectivity index (χ3n) is 5.82. The molecule has 1 atom stereocenters. The Morgan fingerprint density at radius 2 is 1.61 bits per heavy atom. The van der Waals surface area contributed by atoms with Crippen LogP contribution in [-0.2, 0) is 26.2 Å². The fourth-order valence-corrected chi connectivity index (χ4v) is 5.64. The second kappa shape index (κ2) is 13.3. The number of carbonyl (C=O) groups is 2. The fourth-order valence-electron chi connectivity index (χ4n) is 3.70. The Morgan fingerprint density at radius 3 is 2.21 bits per heavy atom. The zero-order valence-electron chi connectivity index (χ0n) is 21.5. The second-order valence-electron chi connectivity index (χ2n) is 9.27. The van der Waals surface area contributed by atoms with Crippen LogP contribution in [0.5, 0.6) is 0 Å². The van der Waals surface area contributed by atoms with Gasteiger partial charge in [0.25, 0.3) is 10.0 Å².